The number of aliphatic carboxylic acids is 1. The fourth-order valence-corrected chi connectivity index (χ4v) is 4.98. The summed E-state index contributed by atoms with van der Waals surface area (Å²) in [4.78, 5) is 23.5. The molecule has 7 nitrogen and oxygen atoms in total. The Morgan fingerprint density at radius 3 is 2.88 bits per heavy atom. The minimum atomic E-state index is -0.995. The molecule has 2 saturated heterocycles. The number of hydrogen-bond donors (Lipinski definition) is 2. The molecule has 0 aromatic carbocycles. The van der Waals surface area contributed by atoms with Gasteiger partial charge in [-0.2, -0.15) is 0 Å². The van der Waals surface area contributed by atoms with Crippen LogP contribution in [0.5, 0.6) is 5.88 Å². The highest BCUT2D eigenvalue weighted by atomic mass is 16.5. The van der Waals surface area contributed by atoms with E-state index in [0.29, 0.717) is 18.9 Å². The molecule has 2 aromatic rings. The number of fused-ring (bicyclic) bond motifs is 5. The molecule has 0 aliphatic carbocycles. The first kappa shape index (κ1) is 14.9. The highest BCUT2D eigenvalue weighted by Crippen LogP contribution is 2.49. The first-order chi connectivity index (χ1) is 12.0. The van der Waals surface area contributed by atoms with Crippen LogP contribution < -0.4 is 15.0 Å². The van der Waals surface area contributed by atoms with E-state index in [1.54, 1.807) is 12.4 Å². The van der Waals surface area contributed by atoms with E-state index >= 15 is 0 Å². The monoisotopic (exact) mass is 340 g/mol. The number of hydrogen-bond acceptors (Lipinski definition) is 6. The van der Waals surface area contributed by atoms with Crippen molar-refractivity contribution in [2.24, 2.45) is 0 Å². The van der Waals surface area contributed by atoms with Crippen molar-refractivity contribution < 1.29 is 14.6 Å². The van der Waals surface area contributed by atoms with Gasteiger partial charge in [-0.15, -0.1) is 0 Å². The third-order valence-corrected chi connectivity index (χ3v) is 6.31. The number of aromatic nitrogens is 2. The summed E-state index contributed by atoms with van der Waals surface area (Å²) in [6.45, 7) is 4.44. The number of carbonyl (C=O) groups is 1. The summed E-state index contributed by atoms with van der Waals surface area (Å²) in [5.74, 6) is 0.542. The Hall–Kier alpha value is -2.41. The normalized spacial score (nSPS) is 32.0. The summed E-state index contributed by atoms with van der Waals surface area (Å²) in [7, 11) is 0. The van der Waals surface area contributed by atoms with Gasteiger partial charge in [-0.05, 0) is 44.2 Å². The predicted octanol–water partition coefficient (Wildman–Crippen LogP) is 1.56. The highest BCUT2D eigenvalue weighted by molar-refractivity contribution is 5.97. The van der Waals surface area contributed by atoms with Gasteiger partial charge in [0, 0.05) is 18.4 Å². The average Bonchev–Trinajstić information content (AvgIpc) is 2.93. The second-order valence-corrected chi connectivity index (χ2v) is 7.66. The molecule has 3 aliphatic rings. The van der Waals surface area contributed by atoms with E-state index in [0.717, 1.165) is 23.0 Å². The van der Waals surface area contributed by atoms with Crippen molar-refractivity contribution >= 4 is 22.6 Å². The molecule has 25 heavy (non-hydrogen) atoms. The number of carboxylic acid groups (broad SMARTS) is 1. The van der Waals surface area contributed by atoms with Crippen LogP contribution in [-0.2, 0) is 4.79 Å². The number of nitrogens with one attached hydrogen (secondary N) is 1. The maximum atomic E-state index is 12.2. The van der Waals surface area contributed by atoms with Crippen LogP contribution in [0.15, 0.2) is 24.5 Å². The maximum absolute atomic E-state index is 12.2. The van der Waals surface area contributed by atoms with Crippen molar-refractivity contribution in [3.8, 4) is 5.88 Å². The molecule has 3 unspecified atom stereocenters. The summed E-state index contributed by atoms with van der Waals surface area (Å²) >= 11 is 0. The van der Waals surface area contributed by atoms with Gasteiger partial charge in [0.1, 0.15) is 18.0 Å². The summed E-state index contributed by atoms with van der Waals surface area (Å²) in [6.07, 6.45) is 4.92. The van der Waals surface area contributed by atoms with Gasteiger partial charge in [0.2, 0.25) is 5.88 Å². The Morgan fingerprint density at radius 1 is 1.36 bits per heavy atom. The fourth-order valence-electron chi connectivity index (χ4n) is 4.98. The van der Waals surface area contributed by atoms with Crippen LogP contribution in [0.2, 0.25) is 0 Å². The number of ether oxygens (including phenoxy) is 1. The summed E-state index contributed by atoms with van der Waals surface area (Å²) in [5.41, 5.74) is -1.66. The molecule has 3 aliphatic heterocycles. The second kappa shape index (κ2) is 4.60. The van der Waals surface area contributed by atoms with Crippen LogP contribution in [0.25, 0.3) is 10.8 Å². The fraction of sp³-hybridized carbons (Fsp3) is 0.500. The quantitative estimate of drug-likeness (QED) is 0.814. The van der Waals surface area contributed by atoms with Gasteiger partial charge in [0.05, 0.1) is 17.0 Å². The van der Waals surface area contributed by atoms with Crippen LogP contribution >= 0.6 is 0 Å². The zero-order valence-electron chi connectivity index (χ0n) is 14.2. The molecule has 0 saturated carbocycles. The molecule has 130 valence electrons. The van der Waals surface area contributed by atoms with Crippen LogP contribution in [0.4, 0.5) is 5.82 Å². The van der Waals surface area contributed by atoms with E-state index in [9.17, 15) is 9.90 Å². The third-order valence-electron chi connectivity index (χ3n) is 6.31. The van der Waals surface area contributed by atoms with Gasteiger partial charge in [-0.25, -0.2) is 9.97 Å². The number of anilines is 1. The number of piperazine rings is 1. The Kier molecular flexibility index (Phi) is 2.74. The van der Waals surface area contributed by atoms with E-state index in [-0.39, 0.29) is 12.1 Å². The molecule has 5 heterocycles. The van der Waals surface area contributed by atoms with Crippen molar-refractivity contribution in [3.05, 3.63) is 24.5 Å². The molecule has 0 spiro atoms. The molecule has 0 radical (unpaired) electrons. The molecule has 2 aromatic heterocycles. The lowest BCUT2D eigenvalue weighted by Crippen LogP contribution is -2.78. The van der Waals surface area contributed by atoms with Gasteiger partial charge in [0.25, 0.3) is 0 Å². The Labute approximate surface area is 145 Å². The molecule has 7 heteroatoms. The SMILES string of the molecule is CC1(C)N2c3nccc4ccnc(c34)OCC2C2CCC1(C(=O)O)N2. The topological polar surface area (TPSA) is 87.6 Å². The van der Waals surface area contributed by atoms with E-state index in [4.69, 9.17) is 4.74 Å². The Balaban J connectivity index is 1.80. The molecule has 3 atom stereocenters. The van der Waals surface area contributed by atoms with E-state index in [1.807, 2.05) is 26.0 Å². The molecule has 5 rings (SSSR count). The van der Waals surface area contributed by atoms with Gasteiger partial charge in [-0.3, -0.25) is 10.1 Å². The predicted molar refractivity (Wildman–Crippen MR) is 91.9 cm³/mol. The lowest BCUT2D eigenvalue weighted by molar-refractivity contribution is -0.148. The van der Waals surface area contributed by atoms with E-state index < -0.39 is 17.0 Å². The molecule has 2 bridgehead atoms. The molecular weight excluding hydrogens is 320 g/mol. The summed E-state index contributed by atoms with van der Waals surface area (Å²) < 4.78 is 6.05. The number of rotatable bonds is 1. The van der Waals surface area contributed by atoms with Gasteiger partial charge >= 0.3 is 5.97 Å². The smallest absolute Gasteiger partial charge is 0.326 e. The third kappa shape index (κ3) is 1.66. The average molecular weight is 340 g/mol. The summed E-state index contributed by atoms with van der Waals surface area (Å²) in [6, 6.07) is 3.93. The van der Waals surface area contributed by atoms with Gasteiger partial charge in [0.15, 0.2) is 0 Å². The maximum Gasteiger partial charge on any atom is 0.326 e. The van der Waals surface area contributed by atoms with Crippen LogP contribution in [0.3, 0.4) is 0 Å². The minimum Gasteiger partial charge on any atom is -0.480 e. The zero-order valence-corrected chi connectivity index (χ0v) is 14.2. The van der Waals surface area contributed by atoms with Crippen molar-refractivity contribution in [2.45, 2.75) is 49.9 Å². The first-order valence-corrected chi connectivity index (χ1v) is 8.63. The van der Waals surface area contributed by atoms with E-state index in [1.165, 1.54) is 0 Å². The second-order valence-electron chi connectivity index (χ2n) is 7.66. The van der Waals surface area contributed by atoms with Gasteiger partial charge < -0.3 is 14.7 Å². The largest absolute Gasteiger partial charge is 0.480 e. The van der Waals surface area contributed by atoms with E-state index in [2.05, 4.69) is 20.2 Å². The summed E-state index contributed by atoms with van der Waals surface area (Å²) in [5, 5.41) is 15.3. The van der Waals surface area contributed by atoms with Crippen molar-refractivity contribution in [3.63, 3.8) is 0 Å². The van der Waals surface area contributed by atoms with Crippen LogP contribution in [0.1, 0.15) is 26.7 Å². The molecule has 2 N–H and O–H groups in total. The highest BCUT2D eigenvalue weighted by Gasteiger charge is 2.65. The standard InChI is InChI=1S/C18H20N4O3/c1-17(2)18(16(23)24)6-3-11(21-18)12-9-25-15-13-10(5-8-20-15)4-7-19-14(13)22(12)17/h4-5,7-8,11-12,21H,3,6,9H2,1-2H3,(H,23,24). The van der Waals surface area contributed by atoms with Crippen molar-refractivity contribution in [2.75, 3.05) is 11.5 Å². The van der Waals surface area contributed by atoms with Crippen LogP contribution in [-0.4, -0.2) is 50.8 Å². The van der Waals surface area contributed by atoms with Crippen LogP contribution in [0, 0.1) is 0 Å². The van der Waals surface area contributed by atoms with Gasteiger partial charge in [-0.1, -0.05) is 0 Å². The lowest BCUT2D eigenvalue weighted by Gasteiger charge is -2.56. The molecular formula is C18H20N4O3. The zero-order chi connectivity index (χ0) is 17.4. The number of pyridine rings is 2. The number of nitrogens with zero attached hydrogens (tertiary/aromatic N) is 3. The Morgan fingerprint density at radius 2 is 2.12 bits per heavy atom. The number of carboxylic acids is 1. The van der Waals surface area contributed by atoms with Crippen molar-refractivity contribution in [1.82, 2.24) is 15.3 Å². The minimum absolute atomic E-state index is 0.0114. The lowest BCUT2D eigenvalue weighted by atomic mass is 9.75. The molecule has 0 amide bonds. The molecule has 2 fully saturated rings. The Bertz CT molecular complexity index is 894. The first-order valence-electron chi connectivity index (χ1n) is 8.63. The van der Waals surface area contributed by atoms with Crippen molar-refractivity contribution in [1.29, 1.82) is 0 Å².